The second-order valence-corrected chi connectivity index (χ2v) is 9.66. The van der Waals surface area contributed by atoms with Crippen LogP contribution in [0.25, 0.3) is 0 Å². The Morgan fingerprint density at radius 2 is 1.29 bits per heavy atom. The Morgan fingerprint density at radius 1 is 0.857 bits per heavy atom. The van der Waals surface area contributed by atoms with Crippen molar-refractivity contribution in [1.82, 2.24) is 9.44 Å². The highest BCUT2D eigenvalue weighted by Crippen LogP contribution is 2.12. The highest BCUT2D eigenvalue weighted by molar-refractivity contribution is 7.90. The highest BCUT2D eigenvalue weighted by atomic mass is 32.2. The molecule has 8 nitrogen and oxygen atoms in total. The summed E-state index contributed by atoms with van der Waals surface area (Å²) in [5.41, 5.74) is 1.76. The van der Waals surface area contributed by atoms with Gasteiger partial charge in [-0.1, -0.05) is 35.4 Å². The average Bonchev–Trinajstić information content (AvgIpc) is 2.65. The highest BCUT2D eigenvalue weighted by Gasteiger charge is 2.28. The molecule has 28 heavy (non-hydrogen) atoms. The van der Waals surface area contributed by atoms with Crippen molar-refractivity contribution in [1.29, 1.82) is 0 Å². The fourth-order valence-corrected chi connectivity index (χ4v) is 4.51. The molecule has 2 aromatic rings. The van der Waals surface area contributed by atoms with E-state index in [-0.39, 0.29) is 9.79 Å². The van der Waals surface area contributed by atoms with Gasteiger partial charge in [-0.15, -0.1) is 0 Å². The summed E-state index contributed by atoms with van der Waals surface area (Å²) in [7, 11) is -6.90. The fraction of sp³-hybridized carbons (Fsp3) is 0.278. The number of carbonyl (C=O) groups is 1. The van der Waals surface area contributed by atoms with Gasteiger partial charge < -0.3 is 4.74 Å². The number of benzene rings is 2. The zero-order valence-corrected chi connectivity index (χ0v) is 17.3. The maximum absolute atomic E-state index is 12.5. The number of sulfonamides is 2. The Morgan fingerprint density at radius 3 is 1.71 bits per heavy atom. The second-order valence-electron chi connectivity index (χ2n) is 6.18. The van der Waals surface area contributed by atoms with Crippen LogP contribution in [-0.4, -0.2) is 42.5 Å². The van der Waals surface area contributed by atoms with Gasteiger partial charge in [0.2, 0.25) is 20.0 Å². The molecule has 0 aromatic heterocycles. The number of rotatable bonds is 8. The quantitative estimate of drug-likeness (QED) is 0.610. The lowest BCUT2D eigenvalue weighted by Crippen LogP contribution is -2.48. The molecule has 10 heteroatoms. The number of methoxy groups -OCH3 is 1. The summed E-state index contributed by atoms with van der Waals surface area (Å²) < 4.78 is 58.8. The first-order valence-corrected chi connectivity index (χ1v) is 11.2. The Balaban J connectivity index is 2.19. The molecule has 0 aliphatic carbocycles. The first kappa shape index (κ1) is 22.0. The monoisotopic (exact) mass is 426 g/mol. The predicted octanol–water partition coefficient (Wildman–Crippen LogP) is 1.10. The Hall–Kier alpha value is -2.27. The van der Waals surface area contributed by atoms with Crippen LogP contribution in [0.3, 0.4) is 0 Å². The fourth-order valence-electron chi connectivity index (χ4n) is 2.28. The van der Waals surface area contributed by atoms with Crippen molar-refractivity contribution in [2.45, 2.75) is 29.7 Å². The summed E-state index contributed by atoms with van der Waals surface area (Å²) in [6.07, 6.45) is 0. The smallest absolute Gasteiger partial charge is 0.325 e. The summed E-state index contributed by atoms with van der Waals surface area (Å²) in [5, 5.41) is 0. The van der Waals surface area contributed by atoms with E-state index in [1.807, 2.05) is 6.92 Å². The third kappa shape index (κ3) is 5.61. The summed E-state index contributed by atoms with van der Waals surface area (Å²) in [6, 6.07) is 10.7. The molecule has 0 aliphatic rings. The molecule has 0 radical (unpaired) electrons. The molecule has 0 saturated heterocycles. The molecule has 0 heterocycles. The number of esters is 1. The van der Waals surface area contributed by atoms with Crippen LogP contribution in [0.4, 0.5) is 0 Å². The van der Waals surface area contributed by atoms with Crippen LogP contribution in [0.5, 0.6) is 0 Å². The van der Waals surface area contributed by atoms with Gasteiger partial charge in [-0.05, 0) is 38.1 Å². The summed E-state index contributed by atoms with van der Waals surface area (Å²) in [4.78, 5) is 11.9. The van der Waals surface area contributed by atoms with Crippen LogP contribution in [0.1, 0.15) is 11.1 Å². The number of ether oxygens (including phenoxy) is 1. The molecule has 2 N–H and O–H groups in total. The van der Waals surface area contributed by atoms with Crippen LogP contribution in [-0.2, 0) is 29.6 Å². The summed E-state index contributed by atoms with van der Waals surface area (Å²) in [5.74, 6) is -0.915. The minimum Gasteiger partial charge on any atom is -0.468 e. The largest absolute Gasteiger partial charge is 0.468 e. The van der Waals surface area contributed by atoms with Gasteiger partial charge in [-0.2, -0.15) is 4.72 Å². The number of nitrogens with one attached hydrogen (secondary N) is 2. The molecule has 0 bridgehead atoms. The van der Waals surface area contributed by atoms with E-state index in [1.54, 1.807) is 31.2 Å². The van der Waals surface area contributed by atoms with Crippen LogP contribution < -0.4 is 9.44 Å². The molecule has 0 unspecified atom stereocenters. The van der Waals surface area contributed by atoms with E-state index in [0.717, 1.165) is 18.2 Å². The van der Waals surface area contributed by atoms with Gasteiger partial charge in [-0.3, -0.25) is 4.79 Å². The van der Waals surface area contributed by atoms with Gasteiger partial charge in [0.1, 0.15) is 6.04 Å². The van der Waals surface area contributed by atoms with Crippen LogP contribution in [0, 0.1) is 13.8 Å². The van der Waals surface area contributed by atoms with Gasteiger partial charge in [0, 0.05) is 6.54 Å². The van der Waals surface area contributed by atoms with E-state index in [9.17, 15) is 21.6 Å². The van der Waals surface area contributed by atoms with Crippen LogP contribution in [0.15, 0.2) is 58.3 Å². The molecule has 0 amide bonds. The molecule has 2 rings (SSSR count). The molecule has 1 atom stereocenters. The molecule has 152 valence electrons. The van der Waals surface area contributed by atoms with Gasteiger partial charge in [0.05, 0.1) is 16.9 Å². The van der Waals surface area contributed by atoms with Crippen molar-refractivity contribution in [2.24, 2.45) is 0 Å². The Kier molecular flexibility index (Phi) is 6.94. The molecule has 0 saturated carbocycles. The van der Waals surface area contributed by atoms with Crippen molar-refractivity contribution in [3.63, 3.8) is 0 Å². The van der Waals surface area contributed by atoms with E-state index >= 15 is 0 Å². The Bertz CT molecular complexity index is 1030. The minimum absolute atomic E-state index is 0.00288. The Labute approximate surface area is 165 Å². The number of hydrogen-bond donors (Lipinski definition) is 2. The number of carbonyl (C=O) groups excluding carboxylic acids is 1. The lowest BCUT2D eigenvalue weighted by Gasteiger charge is -2.17. The maximum atomic E-state index is 12.5. The topological polar surface area (TPSA) is 119 Å². The van der Waals surface area contributed by atoms with E-state index in [0.29, 0.717) is 0 Å². The average molecular weight is 427 g/mol. The van der Waals surface area contributed by atoms with Gasteiger partial charge in [0.15, 0.2) is 0 Å². The van der Waals surface area contributed by atoms with Gasteiger partial charge in [0.25, 0.3) is 0 Å². The van der Waals surface area contributed by atoms with Gasteiger partial charge >= 0.3 is 5.97 Å². The molecule has 2 aromatic carbocycles. The van der Waals surface area contributed by atoms with Crippen molar-refractivity contribution in [3.05, 3.63) is 59.7 Å². The van der Waals surface area contributed by atoms with Gasteiger partial charge in [-0.25, -0.2) is 21.6 Å². The molecule has 0 aliphatic heterocycles. The standard InChI is InChI=1S/C18H22N2O6S2/c1-13-4-8-15(9-5-13)27(22,23)19-12-17(18(21)26-3)20-28(24,25)16-10-6-14(2)7-11-16/h4-11,17,19-20H,12H2,1-3H3/t17-/m0/s1. The maximum Gasteiger partial charge on any atom is 0.325 e. The van der Waals surface area contributed by atoms with Crippen molar-refractivity contribution in [2.75, 3.05) is 13.7 Å². The molecule has 0 spiro atoms. The first-order chi connectivity index (χ1) is 13.0. The zero-order valence-electron chi connectivity index (χ0n) is 15.7. The zero-order chi connectivity index (χ0) is 20.9. The number of aryl methyl sites for hydroxylation is 2. The lowest BCUT2D eigenvalue weighted by molar-refractivity contribution is -0.142. The number of hydrogen-bond acceptors (Lipinski definition) is 6. The summed E-state index contributed by atoms with van der Waals surface area (Å²) in [6.45, 7) is 3.12. The molecule has 0 fully saturated rings. The molecular weight excluding hydrogens is 404 g/mol. The second kappa shape index (κ2) is 8.82. The molecular formula is C18H22N2O6S2. The minimum atomic E-state index is -4.05. The normalized spacial score (nSPS) is 13.1. The van der Waals surface area contributed by atoms with Crippen LogP contribution in [0.2, 0.25) is 0 Å². The van der Waals surface area contributed by atoms with Crippen molar-refractivity contribution < 1.29 is 26.4 Å². The lowest BCUT2D eigenvalue weighted by atomic mass is 10.2. The van der Waals surface area contributed by atoms with E-state index in [1.165, 1.54) is 24.3 Å². The van der Waals surface area contributed by atoms with Crippen molar-refractivity contribution in [3.8, 4) is 0 Å². The van der Waals surface area contributed by atoms with E-state index in [4.69, 9.17) is 0 Å². The van der Waals surface area contributed by atoms with Crippen LogP contribution >= 0.6 is 0 Å². The summed E-state index contributed by atoms with van der Waals surface area (Å²) >= 11 is 0. The predicted molar refractivity (Wildman–Crippen MR) is 104 cm³/mol. The third-order valence-corrected chi connectivity index (χ3v) is 6.85. The SMILES string of the molecule is COC(=O)[C@H](CNS(=O)(=O)c1ccc(C)cc1)NS(=O)(=O)c1ccc(C)cc1. The first-order valence-electron chi connectivity index (χ1n) is 8.28. The third-order valence-electron chi connectivity index (χ3n) is 3.92. The van der Waals surface area contributed by atoms with Crippen molar-refractivity contribution >= 4 is 26.0 Å². The van der Waals surface area contributed by atoms with E-state index in [2.05, 4.69) is 14.2 Å². The van der Waals surface area contributed by atoms with E-state index < -0.39 is 38.6 Å².